The first-order valence-electron chi connectivity index (χ1n) is 4.55. The van der Waals surface area contributed by atoms with Gasteiger partial charge in [-0.3, -0.25) is 4.21 Å². The molecule has 1 heterocycles. The van der Waals surface area contributed by atoms with E-state index in [-0.39, 0.29) is 0 Å². The minimum atomic E-state index is -0.789. The van der Waals surface area contributed by atoms with Crippen LogP contribution in [0.2, 0.25) is 0 Å². The zero-order valence-corrected chi connectivity index (χ0v) is 9.93. The van der Waals surface area contributed by atoms with Crippen LogP contribution in [0.1, 0.15) is 5.82 Å². The number of anilines is 1. The van der Waals surface area contributed by atoms with Crippen molar-refractivity contribution in [3.63, 3.8) is 0 Å². The summed E-state index contributed by atoms with van der Waals surface area (Å²) in [6, 6.07) is 1.71. The predicted molar refractivity (Wildman–Crippen MR) is 60.7 cm³/mol. The van der Waals surface area contributed by atoms with Gasteiger partial charge in [0.15, 0.2) is 0 Å². The second-order valence-electron chi connectivity index (χ2n) is 3.05. The summed E-state index contributed by atoms with van der Waals surface area (Å²) in [6.45, 7) is 2.42. The van der Waals surface area contributed by atoms with Crippen molar-refractivity contribution in [1.29, 1.82) is 0 Å². The normalized spacial score (nSPS) is 12.2. The van der Waals surface area contributed by atoms with Gasteiger partial charge in [0.05, 0.1) is 7.11 Å². The molecule has 0 aliphatic carbocycles. The molecular weight excluding hydrogens is 214 g/mol. The Bertz CT molecular complexity index is 357. The molecule has 0 saturated carbocycles. The molecule has 0 aliphatic rings. The number of ether oxygens (including phenoxy) is 1. The van der Waals surface area contributed by atoms with Crippen molar-refractivity contribution >= 4 is 16.6 Å². The van der Waals surface area contributed by atoms with Gasteiger partial charge in [0, 0.05) is 35.4 Å². The highest BCUT2D eigenvalue weighted by molar-refractivity contribution is 7.84. The molecule has 0 amide bonds. The van der Waals surface area contributed by atoms with Crippen LogP contribution in [0, 0.1) is 6.92 Å². The summed E-state index contributed by atoms with van der Waals surface area (Å²) in [5, 5.41) is 3.07. The fourth-order valence-electron chi connectivity index (χ4n) is 1.06. The Morgan fingerprint density at radius 3 is 2.87 bits per heavy atom. The van der Waals surface area contributed by atoms with E-state index in [1.54, 1.807) is 26.4 Å². The molecule has 1 atom stereocenters. The van der Waals surface area contributed by atoms with E-state index in [0.717, 1.165) is 0 Å². The molecule has 0 saturated heterocycles. The number of nitrogens with one attached hydrogen (secondary N) is 1. The van der Waals surface area contributed by atoms with Crippen LogP contribution in [0.5, 0.6) is 5.88 Å². The molecule has 84 valence electrons. The lowest BCUT2D eigenvalue weighted by Gasteiger charge is -2.06. The molecule has 6 heteroatoms. The molecule has 1 unspecified atom stereocenters. The van der Waals surface area contributed by atoms with Gasteiger partial charge in [-0.1, -0.05) is 0 Å². The fourth-order valence-corrected chi connectivity index (χ4v) is 1.45. The lowest BCUT2D eigenvalue weighted by atomic mass is 10.5. The van der Waals surface area contributed by atoms with Gasteiger partial charge in [0.1, 0.15) is 11.6 Å². The van der Waals surface area contributed by atoms with E-state index < -0.39 is 10.8 Å². The van der Waals surface area contributed by atoms with Crippen LogP contribution in [0.4, 0.5) is 5.82 Å². The molecule has 1 N–H and O–H groups in total. The Labute approximate surface area is 91.7 Å². The summed E-state index contributed by atoms with van der Waals surface area (Å²) in [5.41, 5.74) is 0. The van der Waals surface area contributed by atoms with E-state index in [1.165, 1.54) is 0 Å². The van der Waals surface area contributed by atoms with Gasteiger partial charge in [0.25, 0.3) is 0 Å². The molecule has 1 aromatic heterocycles. The molecule has 5 nitrogen and oxygen atoms in total. The van der Waals surface area contributed by atoms with Crippen molar-refractivity contribution in [2.75, 3.05) is 31.0 Å². The van der Waals surface area contributed by atoms with Gasteiger partial charge < -0.3 is 10.1 Å². The maximum Gasteiger partial charge on any atom is 0.218 e. The number of aromatic nitrogens is 2. The van der Waals surface area contributed by atoms with Crippen LogP contribution in [0.3, 0.4) is 0 Å². The molecule has 0 fully saturated rings. The number of hydrogen-bond acceptors (Lipinski definition) is 5. The Morgan fingerprint density at radius 2 is 2.27 bits per heavy atom. The Hall–Kier alpha value is -1.17. The van der Waals surface area contributed by atoms with Gasteiger partial charge in [-0.15, -0.1) is 0 Å². The highest BCUT2D eigenvalue weighted by atomic mass is 32.2. The molecular formula is C9H15N3O2S. The molecule has 0 radical (unpaired) electrons. The maximum absolute atomic E-state index is 10.8. The number of methoxy groups -OCH3 is 1. The quantitative estimate of drug-likeness (QED) is 0.800. The summed E-state index contributed by atoms with van der Waals surface area (Å²) in [4.78, 5) is 8.24. The van der Waals surface area contributed by atoms with Gasteiger partial charge in [-0.05, 0) is 6.92 Å². The summed E-state index contributed by atoms with van der Waals surface area (Å²) < 4.78 is 15.8. The van der Waals surface area contributed by atoms with Gasteiger partial charge in [-0.25, -0.2) is 4.98 Å². The third kappa shape index (κ3) is 4.24. The summed E-state index contributed by atoms with van der Waals surface area (Å²) >= 11 is 0. The highest BCUT2D eigenvalue weighted by Crippen LogP contribution is 2.11. The van der Waals surface area contributed by atoms with E-state index in [0.29, 0.717) is 29.8 Å². The molecule has 1 aromatic rings. The number of rotatable bonds is 5. The first kappa shape index (κ1) is 11.9. The fraction of sp³-hybridized carbons (Fsp3) is 0.556. The van der Waals surface area contributed by atoms with Gasteiger partial charge >= 0.3 is 0 Å². The van der Waals surface area contributed by atoms with Crippen LogP contribution in [-0.4, -0.2) is 39.8 Å². The first-order chi connectivity index (χ1) is 7.11. The number of hydrogen-bond donors (Lipinski definition) is 1. The van der Waals surface area contributed by atoms with Crippen LogP contribution >= 0.6 is 0 Å². The van der Waals surface area contributed by atoms with E-state index in [9.17, 15) is 4.21 Å². The van der Waals surface area contributed by atoms with Gasteiger partial charge in [0.2, 0.25) is 5.88 Å². The molecule has 0 aromatic carbocycles. The Kier molecular flexibility index (Phi) is 4.48. The maximum atomic E-state index is 10.8. The van der Waals surface area contributed by atoms with Crippen LogP contribution in [-0.2, 0) is 10.8 Å². The molecule has 1 rings (SSSR count). The second kappa shape index (κ2) is 5.65. The zero-order valence-electron chi connectivity index (χ0n) is 9.11. The molecule has 0 spiro atoms. The standard InChI is InChI=1S/C9H15N3O2S/c1-7-11-8(6-9(12-7)14-2)10-4-5-15(3)13/h6H,4-5H2,1-3H3,(H,10,11,12). The van der Waals surface area contributed by atoms with Crippen molar-refractivity contribution in [3.05, 3.63) is 11.9 Å². The van der Waals surface area contributed by atoms with E-state index in [1.807, 2.05) is 0 Å². The van der Waals surface area contributed by atoms with Gasteiger partial charge in [-0.2, -0.15) is 4.98 Å². The third-order valence-electron chi connectivity index (χ3n) is 1.72. The smallest absolute Gasteiger partial charge is 0.218 e. The molecule has 0 bridgehead atoms. The average Bonchev–Trinajstić information content (AvgIpc) is 2.16. The molecule has 0 aliphatic heterocycles. The van der Waals surface area contributed by atoms with E-state index in [2.05, 4.69) is 15.3 Å². The predicted octanol–water partition coefficient (Wildman–Crippen LogP) is 0.584. The molecule has 15 heavy (non-hydrogen) atoms. The summed E-state index contributed by atoms with van der Waals surface area (Å²) in [6.07, 6.45) is 1.67. The largest absolute Gasteiger partial charge is 0.481 e. The average molecular weight is 229 g/mol. The van der Waals surface area contributed by atoms with Crippen LogP contribution in [0.25, 0.3) is 0 Å². The minimum Gasteiger partial charge on any atom is -0.481 e. The van der Waals surface area contributed by atoms with Crippen molar-refractivity contribution in [3.8, 4) is 5.88 Å². The first-order valence-corrected chi connectivity index (χ1v) is 6.28. The topological polar surface area (TPSA) is 64.1 Å². The summed E-state index contributed by atoms with van der Waals surface area (Å²) in [5.74, 6) is 2.48. The number of aryl methyl sites for hydroxylation is 1. The number of nitrogens with zero attached hydrogens (tertiary/aromatic N) is 2. The SMILES string of the molecule is COc1cc(NCCS(C)=O)nc(C)n1. The monoisotopic (exact) mass is 229 g/mol. The minimum absolute atomic E-state index is 0.530. The third-order valence-corrected chi connectivity index (χ3v) is 2.50. The van der Waals surface area contributed by atoms with Crippen molar-refractivity contribution in [2.24, 2.45) is 0 Å². The van der Waals surface area contributed by atoms with Crippen LogP contribution < -0.4 is 10.1 Å². The Morgan fingerprint density at radius 1 is 1.53 bits per heavy atom. The van der Waals surface area contributed by atoms with E-state index in [4.69, 9.17) is 4.74 Å². The Balaban J connectivity index is 2.60. The van der Waals surface area contributed by atoms with E-state index >= 15 is 0 Å². The lowest BCUT2D eigenvalue weighted by Crippen LogP contribution is -2.11. The zero-order chi connectivity index (χ0) is 11.3. The van der Waals surface area contributed by atoms with Crippen molar-refractivity contribution < 1.29 is 8.95 Å². The lowest BCUT2D eigenvalue weighted by molar-refractivity contribution is 0.396. The van der Waals surface area contributed by atoms with Crippen molar-refractivity contribution in [2.45, 2.75) is 6.92 Å². The second-order valence-corrected chi connectivity index (χ2v) is 4.60. The van der Waals surface area contributed by atoms with Crippen molar-refractivity contribution in [1.82, 2.24) is 9.97 Å². The van der Waals surface area contributed by atoms with Crippen LogP contribution in [0.15, 0.2) is 6.07 Å². The summed E-state index contributed by atoms with van der Waals surface area (Å²) in [7, 11) is 0.773. The highest BCUT2D eigenvalue weighted by Gasteiger charge is 2.01.